The molecule has 0 saturated carbocycles. The number of aliphatic hydroxyl groups is 1. The standard InChI is InChI=1S/C6H9NO2/c1-5(3-7)6(2,9)4-8/h4-5,9H,1-2H3. The van der Waals surface area contributed by atoms with Crippen molar-refractivity contribution in [3.63, 3.8) is 0 Å². The van der Waals surface area contributed by atoms with Crippen molar-refractivity contribution in [2.24, 2.45) is 5.92 Å². The van der Waals surface area contributed by atoms with Gasteiger partial charge in [-0.25, -0.2) is 0 Å². The zero-order valence-corrected chi connectivity index (χ0v) is 5.46. The average molecular weight is 127 g/mol. The molecule has 0 amide bonds. The van der Waals surface area contributed by atoms with E-state index in [1.807, 2.05) is 0 Å². The number of carbonyl (C=O) groups is 1. The maximum Gasteiger partial charge on any atom is 0.152 e. The van der Waals surface area contributed by atoms with Crippen molar-refractivity contribution in [1.82, 2.24) is 0 Å². The minimum Gasteiger partial charge on any atom is -0.381 e. The molecule has 0 fully saturated rings. The van der Waals surface area contributed by atoms with Crippen molar-refractivity contribution in [1.29, 1.82) is 5.26 Å². The number of hydrogen-bond acceptors (Lipinski definition) is 3. The summed E-state index contributed by atoms with van der Waals surface area (Å²) < 4.78 is 0. The Morgan fingerprint density at radius 1 is 1.89 bits per heavy atom. The third-order valence-electron chi connectivity index (χ3n) is 1.31. The number of nitrogens with zero attached hydrogens (tertiary/aromatic N) is 1. The van der Waals surface area contributed by atoms with E-state index in [0.29, 0.717) is 6.29 Å². The van der Waals surface area contributed by atoms with Crippen molar-refractivity contribution >= 4 is 6.29 Å². The molecule has 50 valence electrons. The Labute approximate surface area is 53.9 Å². The van der Waals surface area contributed by atoms with Crippen LogP contribution in [-0.4, -0.2) is 17.0 Å². The lowest BCUT2D eigenvalue weighted by Crippen LogP contribution is -2.33. The summed E-state index contributed by atoms with van der Waals surface area (Å²) >= 11 is 0. The monoisotopic (exact) mass is 127 g/mol. The van der Waals surface area contributed by atoms with Crippen LogP contribution in [0.25, 0.3) is 0 Å². The van der Waals surface area contributed by atoms with Gasteiger partial charge in [0.15, 0.2) is 6.29 Å². The lowest BCUT2D eigenvalue weighted by atomic mass is 9.94. The van der Waals surface area contributed by atoms with Crippen LogP contribution in [0, 0.1) is 17.2 Å². The van der Waals surface area contributed by atoms with Gasteiger partial charge in [-0.2, -0.15) is 5.26 Å². The first-order valence-corrected chi connectivity index (χ1v) is 2.63. The van der Waals surface area contributed by atoms with Crippen LogP contribution in [0.1, 0.15) is 13.8 Å². The molecule has 3 heteroatoms. The van der Waals surface area contributed by atoms with Gasteiger partial charge in [-0.1, -0.05) is 0 Å². The van der Waals surface area contributed by atoms with Gasteiger partial charge in [0.2, 0.25) is 0 Å². The van der Waals surface area contributed by atoms with Crippen molar-refractivity contribution in [3.05, 3.63) is 0 Å². The molecule has 2 atom stereocenters. The fraction of sp³-hybridized carbons (Fsp3) is 0.667. The van der Waals surface area contributed by atoms with Gasteiger partial charge in [0, 0.05) is 0 Å². The molecule has 0 aromatic rings. The highest BCUT2D eigenvalue weighted by atomic mass is 16.3. The second-order valence-corrected chi connectivity index (χ2v) is 2.19. The zero-order chi connectivity index (χ0) is 7.49. The molecule has 2 unspecified atom stereocenters. The average Bonchev–Trinajstić information content (AvgIpc) is 1.86. The molecule has 1 N–H and O–H groups in total. The Morgan fingerprint density at radius 3 is 2.44 bits per heavy atom. The van der Waals surface area contributed by atoms with E-state index in [-0.39, 0.29) is 0 Å². The number of rotatable bonds is 2. The van der Waals surface area contributed by atoms with E-state index in [9.17, 15) is 4.79 Å². The van der Waals surface area contributed by atoms with Crippen LogP contribution in [-0.2, 0) is 4.79 Å². The second-order valence-electron chi connectivity index (χ2n) is 2.19. The van der Waals surface area contributed by atoms with E-state index in [2.05, 4.69) is 0 Å². The predicted octanol–water partition coefficient (Wildman–Crippen LogP) is 0.0960. The van der Waals surface area contributed by atoms with Crippen molar-refractivity contribution in [2.75, 3.05) is 0 Å². The summed E-state index contributed by atoms with van der Waals surface area (Å²) in [6, 6.07) is 1.77. The number of hydrogen-bond donors (Lipinski definition) is 1. The van der Waals surface area contributed by atoms with Crippen LogP contribution in [0.15, 0.2) is 0 Å². The molecule has 9 heavy (non-hydrogen) atoms. The van der Waals surface area contributed by atoms with E-state index in [1.54, 1.807) is 6.07 Å². The first kappa shape index (κ1) is 8.12. The van der Waals surface area contributed by atoms with Gasteiger partial charge >= 0.3 is 0 Å². The smallest absolute Gasteiger partial charge is 0.152 e. The van der Waals surface area contributed by atoms with Crippen LogP contribution in [0.2, 0.25) is 0 Å². The molecule has 3 nitrogen and oxygen atoms in total. The van der Waals surface area contributed by atoms with Crippen LogP contribution >= 0.6 is 0 Å². The molecule has 0 bridgehead atoms. The van der Waals surface area contributed by atoms with E-state index >= 15 is 0 Å². The van der Waals surface area contributed by atoms with Crippen molar-refractivity contribution in [2.45, 2.75) is 19.4 Å². The third kappa shape index (κ3) is 1.82. The second kappa shape index (κ2) is 2.60. The predicted molar refractivity (Wildman–Crippen MR) is 31.5 cm³/mol. The Hall–Kier alpha value is -0.880. The molecule has 0 aliphatic rings. The quantitative estimate of drug-likeness (QED) is 0.535. The normalized spacial score (nSPS) is 19.3. The van der Waals surface area contributed by atoms with Crippen molar-refractivity contribution < 1.29 is 9.90 Å². The molecule has 0 rings (SSSR count). The molecule has 0 aromatic heterocycles. The van der Waals surface area contributed by atoms with Crippen LogP contribution in [0.5, 0.6) is 0 Å². The van der Waals surface area contributed by atoms with Gasteiger partial charge in [-0.15, -0.1) is 0 Å². The molecular formula is C6H9NO2. The minimum absolute atomic E-state index is 0.376. The van der Waals surface area contributed by atoms with Gasteiger partial charge in [-0.05, 0) is 13.8 Å². The highest BCUT2D eigenvalue weighted by molar-refractivity contribution is 5.62. The zero-order valence-electron chi connectivity index (χ0n) is 5.46. The Morgan fingerprint density at radius 2 is 2.33 bits per heavy atom. The van der Waals surface area contributed by atoms with Gasteiger partial charge < -0.3 is 9.90 Å². The van der Waals surface area contributed by atoms with Gasteiger partial charge in [-0.3, -0.25) is 0 Å². The highest BCUT2D eigenvalue weighted by Crippen LogP contribution is 2.11. The van der Waals surface area contributed by atoms with Gasteiger partial charge in [0.25, 0.3) is 0 Å². The Kier molecular flexibility index (Phi) is 2.35. The molecule has 0 aliphatic carbocycles. The summed E-state index contributed by atoms with van der Waals surface area (Å²) in [5.74, 6) is -0.644. The van der Waals surface area contributed by atoms with Gasteiger partial charge in [0.05, 0.1) is 12.0 Å². The van der Waals surface area contributed by atoms with Crippen LogP contribution in [0.4, 0.5) is 0 Å². The Bertz CT molecular complexity index is 146. The summed E-state index contributed by atoms with van der Waals surface area (Å²) in [5, 5.41) is 17.2. The summed E-state index contributed by atoms with van der Waals surface area (Å²) in [6.07, 6.45) is 0.376. The molecule has 0 aromatic carbocycles. The third-order valence-corrected chi connectivity index (χ3v) is 1.31. The van der Waals surface area contributed by atoms with Crippen LogP contribution < -0.4 is 0 Å². The van der Waals surface area contributed by atoms with E-state index in [1.165, 1.54) is 13.8 Å². The number of aldehydes is 1. The molecule has 0 spiro atoms. The molecule has 0 saturated heterocycles. The van der Waals surface area contributed by atoms with Gasteiger partial charge in [0.1, 0.15) is 5.60 Å². The largest absolute Gasteiger partial charge is 0.381 e. The minimum atomic E-state index is -1.49. The SMILES string of the molecule is CC(C#N)C(C)(O)C=O. The van der Waals surface area contributed by atoms with E-state index in [4.69, 9.17) is 10.4 Å². The maximum atomic E-state index is 10.0. The van der Waals surface area contributed by atoms with Crippen molar-refractivity contribution in [3.8, 4) is 6.07 Å². The summed E-state index contributed by atoms with van der Waals surface area (Å²) in [5.41, 5.74) is -1.49. The maximum absolute atomic E-state index is 10.0. The van der Waals surface area contributed by atoms with E-state index < -0.39 is 11.5 Å². The number of nitriles is 1. The summed E-state index contributed by atoms with van der Waals surface area (Å²) in [6.45, 7) is 2.81. The first-order valence-electron chi connectivity index (χ1n) is 2.63. The fourth-order valence-corrected chi connectivity index (χ4v) is 0.233. The number of carbonyl (C=O) groups excluding carboxylic acids is 1. The van der Waals surface area contributed by atoms with E-state index in [0.717, 1.165) is 0 Å². The lowest BCUT2D eigenvalue weighted by Gasteiger charge is -2.16. The highest BCUT2D eigenvalue weighted by Gasteiger charge is 2.26. The fourth-order valence-electron chi connectivity index (χ4n) is 0.233. The topological polar surface area (TPSA) is 61.1 Å². The molecule has 0 radical (unpaired) electrons. The summed E-state index contributed by atoms with van der Waals surface area (Å²) in [4.78, 5) is 10.0. The molecular weight excluding hydrogens is 118 g/mol. The summed E-state index contributed by atoms with van der Waals surface area (Å²) in [7, 11) is 0. The Balaban J connectivity index is 4.17. The molecule has 0 heterocycles. The lowest BCUT2D eigenvalue weighted by molar-refractivity contribution is -0.124. The first-order chi connectivity index (χ1) is 4.04. The molecule has 0 aliphatic heterocycles. The van der Waals surface area contributed by atoms with Crippen LogP contribution in [0.3, 0.4) is 0 Å².